The minimum atomic E-state index is 0.177. The highest BCUT2D eigenvalue weighted by atomic mass is 16.5. The average Bonchev–Trinajstić information content (AvgIpc) is 2.29. The fourth-order valence-electron chi connectivity index (χ4n) is 1.65. The van der Waals surface area contributed by atoms with Crippen molar-refractivity contribution in [2.24, 2.45) is 5.73 Å². The lowest BCUT2D eigenvalue weighted by molar-refractivity contribution is 0.217. The van der Waals surface area contributed by atoms with Crippen molar-refractivity contribution in [3.63, 3.8) is 0 Å². The Hall–Kier alpha value is -1.10. The van der Waals surface area contributed by atoms with Crippen LogP contribution in [0.2, 0.25) is 0 Å². The molecule has 0 saturated heterocycles. The van der Waals surface area contributed by atoms with Gasteiger partial charge in [0.25, 0.3) is 0 Å². The summed E-state index contributed by atoms with van der Waals surface area (Å²) in [5, 5.41) is 8.82. The highest BCUT2D eigenvalue weighted by Gasteiger charge is 2.04. The van der Waals surface area contributed by atoms with Gasteiger partial charge in [0.1, 0.15) is 5.75 Å². The molecule has 4 heteroatoms. The third kappa shape index (κ3) is 3.48. The van der Waals surface area contributed by atoms with E-state index in [0.717, 1.165) is 17.9 Å². The van der Waals surface area contributed by atoms with Crippen molar-refractivity contribution in [2.75, 3.05) is 27.3 Å². The van der Waals surface area contributed by atoms with Crippen molar-refractivity contribution in [3.8, 4) is 5.75 Å². The molecule has 3 N–H and O–H groups in total. The number of nitrogens with two attached hydrogens (primary N) is 1. The summed E-state index contributed by atoms with van der Waals surface area (Å²) >= 11 is 0. The van der Waals surface area contributed by atoms with Gasteiger partial charge in [-0.1, -0.05) is 6.07 Å². The smallest absolute Gasteiger partial charge is 0.123 e. The molecule has 0 radical (unpaired) electrons. The number of nitrogens with zero attached hydrogens (tertiary/aromatic N) is 1. The molecule has 0 aliphatic heterocycles. The van der Waals surface area contributed by atoms with Crippen molar-refractivity contribution < 1.29 is 9.84 Å². The van der Waals surface area contributed by atoms with Crippen LogP contribution in [-0.2, 0) is 13.1 Å². The third-order valence-corrected chi connectivity index (χ3v) is 2.50. The minimum absolute atomic E-state index is 0.177. The lowest BCUT2D eigenvalue weighted by Crippen LogP contribution is -2.21. The van der Waals surface area contributed by atoms with Crippen molar-refractivity contribution >= 4 is 0 Å². The molecule has 0 amide bonds. The maximum Gasteiger partial charge on any atom is 0.123 e. The normalized spacial score (nSPS) is 10.8. The summed E-state index contributed by atoms with van der Waals surface area (Å²) in [6.45, 7) is 2.12. The van der Waals surface area contributed by atoms with Gasteiger partial charge in [0.15, 0.2) is 0 Å². The second kappa shape index (κ2) is 6.48. The van der Waals surface area contributed by atoms with Crippen LogP contribution in [0.5, 0.6) is 5.75 Å². The molecule has 0 aromatic heterocycles. The molecule has 0 bridgehead atoms. The number of ether oxygens (including phenoxy) is 1. The van der Waals surface area contributed by atoms with E-state index < -0.39 is 0 Å². The molecule has 0 fully saturated rings. The van der Waals surface area contributed by atoms with Crippen LogP contribution in [-0.4, -0.2) is 37.3 Å². The molecule has 16 heavy (non-hydrogen) atoms. The summed E-state index contributed by atoms with van der Waals surface area (Å²) < 4.78 is 5.21. The first-order valence-corrected chi connectivity index (χ1v) is 5.36. The van der Waals surface area contributed by atoms with Crippen LogP contribution in [0.15, 0.2) is 18.2 Å². The molecule has 4 nitrogen and oxygen atoms in total. The average molecular weight is 224 g/mol. The topological polar surface area (TPSA) is 58.7 Å². The van der Waals surface area contributed by atoms with Crippen molar-refractivity contribution in [1.82, 2.24) is 4.90 Å². The molecule has 1 aromatic rings. The van der Waals surface area contributed by atoms with Crippen LogP contribution in [0.1, 0.15) is 11.1 Å². The van der Waals surface area contributed by atoms with Gasteiger partial charge < -0.3 is 15.6 Å². The minimum Gasteiger partial charge on any atom is -0.496 e. The Kier molecular flexibility index (Phi) is 5.25. The Morgan fingerprint density at radius 3 is 2.75 bits per heavy atom. The van der Waals surface area contributed by atoms with E-state index in [1.54, 1.807) is 7.11 Å². The summed E-state index contributed by atoms with van der Waals surface area (Å²) in [6.07, 6.45) is 0. The van der Waals surface area contributed by atoms with Gasteiger partial charge >= 0.3 is 0 Å². The van der Waals surface area contributed by atoms with Crippen LogP contribution < -0.4 is 10.5 Å². The van der Waals surface area contributed by atoms with Crippen LogP contribution in [0, 0.1) is 0 Å². The maximum atomic E-state index is 8.82. The highest BCUT2D eigenvalue weighted by molar-refractivity contribution is 5.37. The summed E-state index contributed by atoms with van der Waals surface area (Å²) in [5.41, 5.74) is 7.84. The molecule has 0 heterocycles. The second-order valence-electron chi connectivity index (χ2n) is 3.81. The lowest BCUT2D eigenvalue weighted by atomic mass is 10.1. The zero-order chi connectivity index (χ0) is 12.0. The number of aliphatic hydroxyl groups is 1. The van der Waals surface area contributed by atoms with Crippen LogP contribution in [0.3, 0.4) is 0 Å². The molecular weight excluding hydrogens is 204 g/mol. The van der Waals surface area contributed by atoms with Crippen LogP contribution in [0.4, 0.5) is 0 Å². The zero-order valence-corrected chi connectivity index (χ0v) is 9.94. The second-order valence-corrected chi connectivity index (χ2v) is 3.81. The number of likely N-dealkylation sites (N-methyl/N-ethyl adjacent to an activating group) is 1. The monoisotopic (exact) mass is 224 g/mol. The van der Waals surface area contributed by atoms with Gasteiger partial charge in [0.2, 0.25) is 0 Å². The molecule has 0 aliphatic carbocycles. The predicted molar refractivity (Wildman–Crippen MR) is 64.3 cm³/mol. The zero-order valence-electron chi connectivity index (χ0n) is 9.94. The van der Waals surface area contributed by atoms with E-state index in [0.29, 0.717) is 13.1 Å². The molecule has 0 saturated carbocycles. The lowest BCUT2D eigenvalue weighted by Gasteiger charge is -2.16. The van der Waals surface area contributed by atoms with E-state index >= 15 is 0 Å². The SMILES string of the molecule is COc1ccc(CN(C)CCO)cc1CN. The van der Waals surface area contributed by atoms with Gasteiger partial charge in [-0.15, -0.1) is 0 Å². The quantitative estimate of drug-likeness (QED) is 0.742. The largest absolute Gasteiger partial charge is 0.496 e. The summed E-state index contributed by atoms with van der Waals surface area (Å²) in [6, 6.07) is 6.00. The Bertz CT molecular complexity index is 329. The molecule has 90 valence electrons. The number of hydrogen-bond acceptors (Lipinski definition) is 4. The first-order valence-electron chi connectivity index (χ1n) is 5.36. The molecule has 0 unspecified atom stereocenters. The van der Waals surface area contributed by atoms with Crippen molar-refractivity contribution in [3.05, 3.63) is 29.3 Å². The van der Waals surface area contributed by atoms with Gasteiger partial charge in [0, 0.05) is 25.2 Å². The highest BCUT2D eigenvalue weighted by Crippen LogP contribution is 2.19. The molecule has 1 rings (SSSR count). The number of hydrogen-bond donors (Lipinski definition) is 2. The van der Waals surface area contributed by atoms with Gasteiger partial charge in [-0.25, -0.2) is 0 Å². The van der Waals surface area contributed by atoms with Gasteiger partial charge in [0.05, 0.1) is 13.7 Å². The fourth-order valence-corrected chi connectivity index (χ4v) is 1.65. The van der Waals surface area contributed by atoms with E-state index in [4.69, 9.17) is 15.6 Å². The molecular formula is C12H20N2O2. The van der Waals surface area contributed by atoms with Crippen LogP contribution in [0.25, 0.3) is 0 Å². The standard InChI is InChI=1S/C12H20N2O2/c1-14(5-6-15)9-10-3-4-12(16-2)11(7-10)8-13/h3-4,7,15H,5-6,8-9,13H2,1-2H3. The van der Waals surface area contributed by atoms with Gasteiger partial charge in [-0.05, 0) is 24.7 Å². The van der Waals surface area contributed by atoms with E-state index in [9.17, 15) is 0 Å². The van der Waals surface area contributed by atoms with E-state index in [2.05, 4.69) is 4.90 Å². The Balaban J connectivity index is 2.74. The Labute approximate surface area is 96.6 Å². The number of benzene rings is 1. The van der Waals surface area contributed by atoms with Crippen LogP contribution >= 0.6 is 0 Å². The number of rotatable bonds is 6. The number of methoxy groups -OCH3 is 1. The molecule has 0 aliphatic rings. The Morgan fingerprint density at radius 1 is 1.44 bits per heavy atom. The third-order valence-electron chi connectivity index (χ3n) is 2.50. The summed E-state index contributed by atoms with van der Waals surface area (Å²) in [7, 11) is 3.62. The van der Waals surface area contributed by atoms with Crippen molar-refractivity contribution in [1.29, 1.82) is 0 Å². The van der Waals surface area contributed by atoms with Gasteiger partial charge in [-0.3, -0.25) is 4.90 Å². The first kappa shape index (κ1) is 13.0. The van der Waals surface area contributed by atoms with E-state index in [1.165, 1.54) is 5.56 Å². The van der Waals surface area contributed by atoms with Gasteiger partial charge in [-0.2, -0.15) is 0 Å². The van der Waals surface area contributed by atoms with E-state index in [1.807, 2.05) is 25.2 Å². The maximum absolute atomic E-state index is 8.82. The van der Waals surface area contributed by atoms with E-state index in [-0.39, 0.29) is 6.61 Å². The van der Waals surface area contributed by atoms with Crippen molar-refractivity contribution in [2.45, 2.75) is 13.1 Å². The Morgan fingerprint density at radius 2 is 2.19 bits per heavy atom. The summed E-state index contributed by atoms with van der Waals surface area (Å²) in [4.78, 5) is 2.06. The fraction of sp³-hybridized carbons (Fsp3) is 0.500. The molecule has 1 aromatic carbocycles. The number of aliphatic hydroxyl groups excluding tert-OH is 1. The molecule has 0 atom stereocenters. The predicted octanol–water partition coefficient (Wildman–Crippen LogP) is 0.578. The molecule has 0 spiro atoms. The first-order chi connectivity index (χ1) is 7.71. The summed E-state index contributed by atoms with van der Waals surface area (Å²) in [5.74, 6) is 0.830.